The molecule has 60 valence electrons. The van der Waals surface area contributed by atoms with Gasteiger partial charge in [0.05, 0.1) is 5.69 Å². The number of rotatable bonds is 2. The first-order chi connectivity index (χ1) is 5.05. The summed E-state index contributed by atoms with van der Waals surface area (Å²) >= 11 is 0. The molecule has 1 heterocycles. The van der Waals surface area contributed by atoms with E-state index in [0.717, 1.165) is 0 Å². The Hall–Kier alpha value is -1.32. The van der Waals surface area contributed by atoms with Crippen molar-refractivity contribution in [3.8, 4) is 0 Å². The van der Waals surface area contributed by atoms with Crippen molar-refractivity contribution in [2.45, 2.75) is 19.3 Å². The van der Waals surface area contributed by atoms with Gasteiger partial charge < -0.3 is 9.52 Å². The van der Waals surface area contributed by atoms with Crippen LogP contribution in [0.5, 0.6) is 0 Å². The number of aliphatic carboxylic acids is 1. The van der Waals surface area contributed by atoms with Crippen LogP contribution in [0.2, 0.25) is 0 Å². The number of hydrogen-bond donors (Lipinski definition) is 1. The second-order valence-corrected chi connectivity index (χ2v) is 2.80. The molecule has 0 radical (unpaired) electrons. The van der Waals surface area contributed by atoms with Gasteiger partial charge in [-0.1, -0.05) is 0 Å². The van der Waals surface area contributed by atoms with Gasteiger partial charge in [0.2, 0.25) is 0 Å². The fraction of sp³-hybridized carbons (Fsp3) is 0.429. The van der Waals surface area contributed by atoms with Crippen LogP contribution in [-0.4, -0.2) is 16.1 Å². The molecule has 0 aliphatic carbocycles. The molecule has 1 aromatic rings. The topological polar surface area (TPSA) is 63.3 Å². The average Bonchev–Trinajstić information content (AvgIpc) is 2.37. The van der Waals surface area contributed by atoms with Crippen LogP contribution in [0.1, 0.15) is 19.5 Å². The molecule has 0 amide bonds. The largest absolute Gasteiger partial charge is 0.481 e. The second-order valence-electron chi connectivity index (χ2n) is 2.80. The minimum Gasteiger partial charge on any atom is -0.481 e. The molecule has 0 saturated heterocycles. The first-order valence-electron chi connectivity index (χ1n) is 3.17. The van der Waals surface area contributed by atoms with Crippen molar-refractivity contribution < 1.29 is 14.3 Å². The van der Waals surface area contributed by atoms with Crippen LogP contribution in [-0.2, 0) is 10.2 Å². The third-order valence-corrected chi connectivity index (χ3v) is 1.61. The number of aromatic nitrogens is 1. The quantitative estimate of drug-likeness (QED) is 0.692. The molecular weight excluding hydrogens is 146 g/mol. The molecule has 0 aliphatic heterocycles. The molecule has 1 N–H and O–H groups in total. The van der Waals surface area contributed by atoms with Gasteiger partial charge >= 0.3 is 5.97 Å². The van der Waals surface area contributed by atoms with Gasteiger partial charge in [0.1, 0.15) is 11.7 Å². The van der Waals surface area contributed by atoms with Gasteiger partial charge in [0, 0.05) is 0 Å². The van der Waals surface area contributed by atoms with Crippen LogP contribution in [0.4, 0.5) is 0 Å². The number of hydrogen-bond acceptors (Lipinski definition) is 3. The number of carboxylic acid groups (broad SMARTS) is 1. The number of oxazole rings is 1. The highest BCUT2D eigenvalue weighted by atomic mass is 16.4. The lowest BCUT2D eigenvalue weighted by Crippen LogP contribution is -2.28. The normalized spacial score (nSPS) is 11.5. The summed E-state index contributed by atoms with van der Waals surface area (Å²) in [4.78, 5) is 14.4. The average molecular weight is 155 g/mol. The molecule has 0 atom stereocenters. The van der Waals surface area contributed by atoms with Gasteiger partial charge in [0.25, 0.3) is 0 Å². The zero-order chi connectivity index (χ0) is 8.48. The lowest BCUT2D eigenvalue weighted by atomic mass is 9.90. The second kappa shape index (κ2) is 2.38. The van der Waals surface area contributed by atoms with Crippen LogP contribution >= 0.6 is 0 Å². The zero-order valence-electron chi connectivity index (χ0n) is 6.37. The van der Waals surface area contributed by atoms with E-state index < -0.39 is 11.4 Å². The molecule has 0 spiro atoms. The summed E-state index contributed by atoms with van der Waals surface area (Å²) in [6, 6.07) is 0. The fourth-order valence-electron chi connectivity index (χ4n) is 0.631. The number of carboxylic acids is 1. The zero-order valence-corrected chi connectivity index (χ0v) is 6.37. The Morgan fingerprint density at radius 3 is 2.73 bits per heavy atom. The molecule has 11 heavy (non-hydrogen) atoms. The molecule has 1 rings (SSSR count). The van der Waals surface area contributed by atoms with Gasteiger partial charge in [-0.05, 0) is 13.8 Å². The van der Waals surface area contributed by atoms with E-state index in [-0.39, 0.29) is 0 Å². The molecule has 0 fully saturated rings. The van der Waals surface area contributed by atoms with Crippen molar-refractivity contribution in [2.24, 2.45) is 0 Å². The highest BCUT2D eigenvalue weighted by Gasteiger charge is 2.31. The maximum absolute atomic E-state index is 10.6. The summed E-state index contributed by atoms with van der Waals surface area (Å²) in [5.41, 5.74) is -0.530. The van der Waals surface area contributed by atoms with Gasteiger partial charge in [-0.15, -0.1) is 0 Å². The molecule has 4 heteroatoms. The highest BCUT2D eigenvalue weighted by molar-refractivity contribution is 5.79. The molecule has 4 nitrogen and oxygen atoms in total. The van der Waals surface area contributed by atoms with E-state index in [2.05, 4.69) is 9.40 Å². The standard InChI is InChI=1S/C7H9NO3/c1-7(2,6(9)10)5-3-11-4-8-5/h3-4H,1-2H3,(H,9,10). The van der Waals surface area contributed by atoms with E-state index in [1.165, 1.54) is 12.7 Å². The first kappa shape index (κ1) is 7.78. The van der Waals surface area contributed by atoms with Crippen molar-refractivity contribution in [2.75, 3.05) is 0 Å². The van der Waals surface area contributed by atoms with Crippen molar-refractivity contribution in [3.63, 3.8) is 0 Å². The third kappa shape index (κ3) is 1.24. The maximum atomic E-state index is 10.6. The molecule has 0 aromatic carbocycles. The summed E-state index contributed by atoms with van der Waals surface area (Å²) in [5, 5.41) is 8.73. The maximum Gasteiger partial charge on any atom is 0.315 e. The van der Waals surface area contributed by atoms with Gasteiger partial charge in [0.15, 0.2) is 6.39 Å². The summed E-state index contributed by atoms with van der Waals surface area (Å²) in [7, 11) is 0. The van der Waals surface area contributed by atoms with Crippen LogP contribution in [0.25, 0.3) is 0 Å². The molecule has 0 bridgehead atoms. The van der Waals surface area contributed by atoms with E-state index in [9.17, 15) is 4.79 Å². The SMILES string of the molecule is CC(C)(C(=O)O)c1cocn1. The van der Waals surface area contributed by atoms with Crippen LogP contribution < -0.4 is 0 Å². The highest BCUT2D eigenvalue weighted by Crippen LogP contribution is 2.20. The Morgan fingerprint density at radius 1 is 1.73 bits per heavy atom. The molecular formula is C7H9NO3. The predicted molar refractivity (Wildman–Crippen MR) is 37.2 cm³/mol. The number of nitrogens with zero attached hydrogens (tertiary/aromatic N) is 1. The Kier molecular flexibility index (Phi) is 1.68. The van der Waals surface area contributed by atoms with Crippen molar-refractivity contribution in [1.82, 2.24) is 4.98 Å². The van der Waals surface area contributed by atoms with Gasteiger partial charge in [-0.2, -0.15) is 0 Å². The Morgan fingerprint density at radius 2 is 2.36 bits per heavy atom. The minimum atomic E-state index is -0.965. The summed E-state index contributed by atoms with van der Waals surface area (Å²) in [5.74, 6) is -0.911. The lowest BCUT2D eigenvalue weighted by Gasteiger charge is -2.14. The molecule has 1 aromatic heterocycles. The Labute approximate surface area is 63.9 Å². The van der Waals surface area contributed by atoms with Gasteiger partial charge in [-0.25, -0.2) is 4.98 Å². The van der Waals surface area contributed by atoms with Crippen LogP contribution in [0, 0.1) is 0 Å². The van der Waals surface area contributed by atoms with Crippen LogP contribution in [0.15, 0.2) is 17.1 Å². The van der Waals surface area contributed by atoms with E-state index in [4.69, 9.17) is 5.11 Å². The Balaban J connectivity index is 3.00. The summed E-state index contributed by atoms with van der Waals surface area (Å²) < 4.78 is 4.68. The van der Waals surface area contributed by atoms with Crippen molar-refractivity contribution in [3.05, 3.63) is 18.4 Å². The van der Waals surface area contributed by atoms with Crippen molar-refractivity contribution in [1.29, 1.82) is 0 Å². The predicted octanol–water partition coefficient (Wildman–Crippen LogP) is 1.04. The first-order valence-corrected chi connectivity index (χ1v) is 3.17. The Bertz CT molecular complexity index is 251. The lowest BCUT2D eigenvalue weighted by molar-refractivity contribution is -0.142. The van der Waals surface area contributed by atoms with E-state index >= 15 is 0 Å². The molecule has 0 unspecified atom stereocenters. The van der Waals surface area contributed by atoms with Gasteiger partial charge in [-0.3, -0.25) is 4.79 Å². The van der Waals surface area contributed by atoms with Crippen molar-refractivity contribution >= 4 is 5.97 Å². The van der Waals surface area contributed by atoms with E-state index in [0.29, 0.717) is 5.69 Å². The minimum absolute atomic E-state index is 0.435. The molecule has 0 aliphatic rings. The van der Waals surface area contributed by atoms with Crippen LogP contribution in [0.3, 0.4) is 0 Å². The van der Waals surface area contributed by atoms with E-state index in [1.54, 1.807) is 13.8 Å². The fourth-order valence-corrected chi connectivity index (χ4v) is 0.631. The number of carbonyl (C=O) groups is 1. The third-order valence-electron chi connectivity index (χ3n) is 1.61. The monoisotopic (exact) mass is 155 g/mol. The summed E-state index contributed by atoms with van der Waals surface area (Å²) in [6.07, 6.45) is 2.56. The van der Waals surface area contributed by atoms with E-state index in [1.807, 2.05) is 0 Å². The molecule has 0 saturated carbocycles. The smallest absolute Gasteiger partial charge is 0.315 e. The summed E-state index contributed by atoms with van der Waals surface area (Å²) in [6.45, 7) is 3.15.